The van der Waals surface area contributed by atoms with Crippen LogP contribution in [0.15, 0.2) is 24.3 Å². The molecule has 0 aromatic heterocycles. The number of aliphatic carboxylic acids is 1. The zero-order valence-corrected chi connectivity index (χ0v) is 13.0. The maximum atomic E-state index is 11.9. The van der Waals surface area contributed by atoms with Crippen LogP contribution >= 0.6 is 0 Å². The van der Waals surface area contributed by atoms with Crippen molar-refractivity contribution in [1.82, 2.24) is 4.72 Å². The number of benzene rings is 1. The molecule has 0 aliphatic rings. The van der Waals surface area contributed by atoms with Crippen molar-refractivity contribution in [2.75, 3.05) is 5.75 Å². The number of aryl methyl sites for hydroxylation is 1. The van der Waals surface area contributed by atoms with Gasteiger partial charge in [0, 0.05) is 12.1 Å². The zero-order valence-electron chi connectivity index (χ0n) is 12.2. The normalized spacial score (nSPS) is 13.0. The van der Waals surface area contributed by atoms with Crippen molar-refractivity contribution in [2.24, 2.45) is 5.92 Å². The maximum absolute atomic E-state index is 11.9. The lowest BCUT2D eigenvalue weighted by Crippen LogP contribution is -2.45. The predicted molar refractivity (Wildman–Crippen MR) is 80.0 cm³/mol. The molecule has 0 spiro atoms. The van der Waals surface area contributed by atoms with Gasteiger partial charge in [-0.3, -0.25) is 14.9 Å². The number of non-ortho nitro benzene ring substituents is 1. The van der Waals surface area contributed by atoms with Crippen molar-refractivity contribution >= 4 is 21.7 Å². The van der Waals surface area contributed by atoms with Crippen molar-refractivity contribution < 1.29 is 23.2 Å². The van der Waals surface area contributed by atoms with Gasteiger partial charge < -0.3 is 5.11 Å². The van der Waals surface area contributed by atoms with Gasteiger partial charge in [-0.05, 0) is 17.9 Å². The number of nitro groups is 1. The van der Waals surface area contributed by atoms with Crippen LogP contribution in [0.25, 0.3) is 0 Å². The number of carboxylic acids is 1. The molecule has 0 saturated heterocycles. The lowest BCUT2D eigenvalue weighted by atomic mass is 10.1. The number of nitrogens with one attached hydrogen (secondary N) is 1. The van der Waals surface area contributed by atoms with E-state index >= 15 is 0 Å². The molecule has 122 valence electrons. The third-order valence-electron chi connectivity index (χ3n) is 3.05. The summed E-state index contributed by atoms with van der Waals surface area (Å²) < 4.78 is 26.0. The first kappa shape index (κ1) is 18.1. The van der Waals surface area contributed by atoms with E-state index in [0.717, 1.165) is 0 Å². The highest BCUT2D eigenvalue weighted by molar-refractivity contribution is 7.89. The highest BCUT2D eigenvalue weighted by Crippen LogP contribution is 2.13. The Labute approximate surface area is 128 Å². The molecule has 8 nitrogen and oxygen atoms in total. The van der Waals surface area contributed by atoms with Crippen molar-refractivity contribution in [3.05, 3.63) is 39.9 Å². The molecule has 0 radical (unpaired) electrons. The minimum atomic E-state index is -3.76. The van der Waals surface area contributed by atoms with Crippen LogP contribution in [0.5, 0.6) is 0 Å². The number of rotatable bonds is 8. The summed E-state index contributed by atoms with van der Waals surface area (Å²) in [5.41, 5.74) is 0.544. The van der Waals surface area contributed by atoms with Gasteiger partial charge in [-0.2, -0.15) is 0 Å². The lowest BCUT2D eigenvalue weighted by molar-refractivity contribution is -0.384. The van der Waals surface area contributed by atoms with E-state index in [1.165, 1.54) is 24.3 Å². The first-order valence-corrected chi connectivity index (χ1v) is 8.24. The van der Waals surface area contributed by atoms with Crippen LogP contribution in [0.3, 0.4) is 0 Å². The summed E-state index contributed by atoms with van der Waals surface area (Å²) in [7, 11) is -3.76. The first-order chi connectivity index (χ1) is 10.1. The fourth-order valence-corrected chi connectivity index (χ4v) is 3.14. The molecule has 0 fully saturated rings. The smallest absolute Gasteiger partial charge is 0.321 e. The summed E-state index contributed by atoms with van der Waals surface area (Å²) in [6.45, 7) is 3.22. The van der Waals surface area contributed by atoms with Crippen LogP contribution in [0.1, 0.15) is 19.4 Å². The number of nitrogens with zero attached hydrogens (tertiary/aromatic N) is 1. The summed E-state index contributed by atoms with van der Waals surface area (Å²) in [5.74, 6) is -1.90. The molecule has 0 saturated carbocycles. The number of nitro benzene ring substituents is 1. The summed E-state index contributed by atoms with van der Waals surface area (Å²) in [4.78, 5) is 21.0. The van der Waals surface area contributed by atoms with Crippen LogP contribution in [0.4, 0.5) is 5.69 Å². The highest BCUT2D eigenvalue weighted by atomic mass is 32.2. The Bertz CT molecular complexity index is 639. The minimum absolute atomic E-state index is 0.0736. The fourth-order valence-electron chi connectivity index (χ4n) is 1.76. The van der Waals surface area contributed by atoms with Gasteiger partial charge in [0.2, 0.25) is 10.0 Å². The molecule has 2 N–H and O–H groups in total. The van der Waals surface area contributed by atoms with E-state index in [-0.39, 0.29) is 23.8 Å². The second-order valence-corrected chi connectivity index (χ2v) is 7.04. The summed E-state index contributed by atoms with van der Waals surface area (Å²) in [6, 6.07) is 4.37. The molecule has 22 heavy (non-hydrogen) atoms. The molecule has 0 heterocycles. The van der Waals surface area contributed by atoms with Crippen LogP contribution in [-0.4, -0.2) is 36.2 Å². The highest BCUT2D eigenvalue weighted by Gasteiger charge is 2.26. The van der Waals surface area contributed by atoms with Crippen molar-refractivity contribution in [3.63, 3.8) is 0 Å². The Morgan fingerprint density at radius 3 is 2.27 bits per heavy atom. The van der Waals surface area contributed by atoms with Gasteiger partial charge in [0.15, 0.2) is 0 Å². The SMILES string of the molecule is CC(C)C(NS(=O)(=O)CCc1ccc([N+](=O)[O-])cc1)C(=O)O. The van der Waals surface area contributed by atoms with Crippen molar-refractivity contribution in [3.8, 4) is 0 Å². The van der Waals surface area contributed by atoms with Crippen LogP contribution in [0.2, 0.25) is 0 Å². The zero-order chi connectivity index (χ0) is 16.9. The first-order valence-electron chi connectivity index (χ1n) is 6.58. The van der Waals surface area contributed by atoms with Gasteiger partial charge in [0.1, 0.15) is 6.04 Å². The molecule has 1 atom stereocenters. The molecule has 1 rings (SSSR count). The Balaban J connectivity index is 2.69. The van der Waals surface area contributed by atoms with Gasteiger partial charge in [0.05, 0.1) is 10.7 Å². The molecule has 0 bridgehead atoms. The van der Waals surface area contributed by atoms with E-state index in [1.54, 1.807) is 13.8 Å². The standard InChI is InChI=1S/C13H18N2O6S/c1-9(2)12(13(16)17)14-22(20,21)8-7-10-3-5-11(6-4-10)15(18)19/h3-6,9,12,14H,7-8H2,1-2H3,(H,16,17). The molecular weight excluding hydrogens is 312 g/mol. The third kappa shape index (κ3) is 5.41. The van der Waals surface area contributed by atoms with E-state index in [2.05, 4.69) is 4.72 Å². The molecule has 9 heteroatoms. The van der Waals surface area contributed by atoms with Crippen LogP contribution in [-0.2, 0) is 21.2 Å². The molecule has 0 aliphatic carbocycles. The monoisotopic (exact) mass is 330 g/mol. The average molecular weight is 330 g/mol. The Morgan fingerprint density at radius 1 is 1.32 bits per heavy atom. The van der Waals surface area contributed by atoms with E-state index in [4.69, 9.17) is 5.11 Å². The largest absolute Gasteiger partial charge is 0.480 e. The quantitative estimate of drug-likeness (QED) is 0.544. The predicted octanol–water partition coefficient (Wildman–Crippen LogP) is 1.17. The summed E-state index contributed by atoms with van der Waals surface area (Å²) >= 11 is 0. The van der Waals surface area contributed by atoms with Gasteiger partial charge in [-0.15, -0.1) is 0 Å². The van der Waals surface area contributed by atoms with Crippen LogP contribution < -0.4 is 4.72 Å². The maximum Gasteiger partial charge on any atom is 0.321 e. The molecular formula is C13H18N2O6S. The Hall–Kier alpha value is -2.00. The molecule has 1 aromatic carbocycles. The number of sulfonamides is 1. The summed E-state index contributed by atoms with van der Waals surface area (Å²) in [5, 5.41) is 19.5. The topological polar surface area (TPSA) is 127 Å². The van der Waals surface area contributed by atoms with E-state index in [0.29, 0.717) is 5.56 Å². The van der Waals surface area contributed by atoms with Crippen molar-refractivity contribution in [2.45, 2.75) is 26.3 Å². The van der Waals surface area contributed by atoms with Crippen molar-refractivity contribution in [1.29, 1.82) is 0 Å². The fraction of sp³-hybridized carbons (Fsp3) is 0.462. The minimum Gasteiger partial charge on any atom is -0.480 e. The van der Waals surface area contributed by atoms with Gasteiger partial charge in [0.25, 0.3) is 5.69 Å². The van der Waals surface area contributed by atoms with Crippen LogP contribution in [0, 0.1) is 16.0 Å². The second kappa shape index (κ2) is 7.32. The number of hydrogen-bond donors (Lipinski definition) is 2. The average Bonchev–Trinajstić information content (AvgIpc) is 2.42. The number of hydrogen-bond acceptors (Lipinski definition) is 5. The molecule has 1 unspecified atom stereocenters. The number of carbonyl (C=O) groups is 1. The molecule has 1 aromatic rings. The number of carboxylic acid groups (broad SMARTS) is 1. The Morgan fingerprint density at radius 2 is 1.86 bits per heavy atom. The Kier molecular flexibility index (Phi) is 6.01. The van der Waals surface area contributed by atoms with Gasteiger partial charge >= 0.3 is 5.97 Å². The van der Waals surface area contributed by atoms with E-state index in [1.807, 2.05) is 0 Å². The van der Waals surface area contributed by atoms with E-state index in [9.17, 15) is 23.3 Å². The summed E-state index contributed by atoms with van der Waals surface area (Å²) in [6.07, 6.45) is 0.137. The van der Waals surface area contributed by atoms with Gasteiger partial charge in [-0.25, -0.2) is 13.1 Å². The lowest BCUT2D eigenvalue weighted by Gasteiger charge is -2.17. The second-order valence-electron chi connectivity index (χ2n) is 5.17. The molecule has 0 amide bonds. The molecule has 0 aliphatic heterocycles. The van der Waals surface area contributed by atoms with Gasteiger partial charge in [-0.1, -0.05) is 26.0 Å². The third-order valence-corrected chi connectivity index (χ3v) is 4.40. The van der Waals surface area contributed by atoms with E-state index < -0.39 is 27.0 Å².